The van der Waals surface area contributed by atoms with Crippen LogP contribution in [0.5, 0.6) is 11.5 Å². The lowest BCUT2D eigenvalue weighted by Gasteiger charge is -2.49. The number of hydrogen-bond acceptors (Lipinski definition) is 8. The van der Waals surface area contributed by atoms with E-state index in [2.05, 4.69) is 0 Å². The molecule has 10 nitrogen and oxygen atoms in total. The van der Waals surface area contributed by atoms with Gasteiger partial charge in [0.05, 0.1) is 34.3 Å². The average molecular weight is 723 g/mol. The van der Waals surface area contributed by atoms with Gasteiger partial charge in [0.15, 0.2) is 0 Å². The summed E-state index contributed by atoms with van der Waals surface area (Å²) in [5.41, 5.74) is 2.89. The van der Waals surface area contributed by atoms with Gasteiger partial charge in [-0.1, -0.05) is 23.3 Å². The number of rotatable bonds is 4. The first-order chi connectivity index (χ1) is 24.4. The second kappa shape index (κ2) is 11.1. The van der Waals surface area contributed by atoms with Crippen LogP contribution in [0.25, 0.3) is 20.7 Å². The van der Waals surface area contributed by atoms with Crippen molar-refractivity contribution in [2.24, 2.45) is 42.1 Å². The number of fused-ring (bicyclic) bond motifs is 6. The van der Waals surface area contributed by atoms with Gasteiger partial charge >= 0.3 is 0 Å². The summed E-state index contributed by atoms with van der Waals surface area (Å²) in [7, 11) is 1.73. The van der Waals surface area contributed by atoms with Crippen LogP contribution in [0.15, 0.2) is 65.9 Å². The molecule has 1 N–H and O–H groups in total. The van der Waals surface area contributed by atoms with Crippen LogP contribution in [0, 0.1) is 41.9 Å². The van der Waals surface area contributed by atoms with Crippen molar-refractivity contribution in [3.05, 3.63) is 82.1 Å². The zero-order valence-electron chi connectivity index (χ0n) is 28.5. The highest BCUT2D eigenvalue weighted by Gasteiger charge is 2.68. The second-order valence-electron chi connectivity index (χ2n) is 14.6. The number of nitrogens with zero attached hydrogens (tertiary/aromatic N) is 4. The van der Waals surface area contributed by atoms with Gasteiger partial charge in [-0.25, -0.2) is 4.90 Å². The third-order valence-corrected chi connectivity index (χ3v) is 13.6. The highest BCUT2D eigenvalue weighted by molar-refractivity contribution is 7.22. The van der Waals surface area contributed by atoms with Gasteiger partial charge in [-0.05, 0) is 92.5 Å². The van der Waals surface area contributed by atoms with Crippen LogP contribution in [0.1, 0.15) is 37.8 Å². The molecule has 260 valence electrons. The molecule has 2 aromatic carbocycles. The van der Waals surface area contributed by atoms with Crippen molar-refractivity contribution in [2.75, 3.05) is 11.4 Å². The number of benzene rings is 2. The fourth-order valence-corrected chi connectivity index (χ4v) is 11.0. The fourth-order valence-electron chi connectivity index (χ4n) is 9.66. The Hall–Kier alpha value is -4.74. The molecule has 4 amide bonds. The van der Waals surface area contributed by atoms with Gasteiger partial charge in [-0.3, -0.25) is 28.8 Å². The summed E-state index contributed by atoms with van der Waals surface area (Å²) in [4.78, 5) is 60.6. The van der Waals surface area contributed by atoms with Gasteiger partial charge in [0.1, 0.15) is 23.0 Å². The number of likely N-dealkylation sites (tertiary alicyclic amines) is 1. The van der Waals surface area contributed by atoms with Gasteiger partial charge in [-0.15, -0.1) is 11.3 Å². The third-order valence-electron chi connectivity index (χ3n) is 12.0. The van der Waals surface area contributed by atoms with Crippen molar-refractivity contribution < 1.29 is 29.0 Å². The van der Waals surface area contributed by atoms with Crippen LogP contribution in [-0.2, 0) is 32.6 Å². The van der Waals surface area contributed by atoms with E-state index in [1.54, 1.807) is 60.5 Å². The Kier molecular flexibility index (Phi) is 7.02. The lowest BCUT2D eigenvalue weighted by Crippen LogP contribution is -2.51. The van der Waals surface area contributed by atoms with Gasteiger partial charge in [0, 0.05) is 47.3 Å². The molecule has 2 aliphatic carbocycles. The summed E-state index contributed by atoms with van der Waals surface area (Å²) in [5.74, 6) is -2.85. The zero-order valence-corrected chi connectivity index (χ0v) is 30.0. The van der Waals surface area contributed by atoms with E-state index >= 15 is 4.79 Å². The van der Waals surface area contributed by atoms with Crippen LogP contribution in [-0.4, -0.2) is 50.0 Å². The molecule has 2 saturated heterocycles. The number of thiophene rings is 1. The Morgan fingerprint density at radius 1 is 1.06 bits per heavy atom. The maximum Gasteiger partial charge on any atom is 0.242 e. The maximum atomic E-state index is 15.1. The number of aromatic nitrogens is 2. The minimum absolute atomic E-state index is 0.0981. The maximum absolute atomic E-state index is 15.1. The number of amides is 4. The highest BCUT2D eigenvalue weighted by Crippen LogP contribution is 2.63. The largest absolute Gasteiger partial charge is 0.508 e. The Balaban J connectivity index is 1.16. The summed E-state index contributed by atoms with van der Waals surface area (Å²) in [6.45, 7) is 5.97. The van der Waals surface area contributed by atoms with E-state index in [0.717, 1.165) is 37.2 Å². The third kappa shape index (κ3) is 4.37. The first-order valence-corrected chi connectivity index (χ1v) is 18.5. The van der Waals surface area contributed by atoms with Crippen molar-refractivity contribution in [2.45, 2.75) is 40.0 Å². The molecule has 5 aliphatic rings. The monoisotopic (exact) mass is 722 g/mol. The number of aryl methyl sites for hydroxylation is 2. The number of phenols is 1. The quantitative estimate of drug-likeness (QED) is 0.187. The Labute approximate surface area is 302 Å². The number of hydrogen-bond donors (Lipinski definition) is 1. The van der Waals surface area contributed by atoms with Crippen LogP contribution >= 0.6 is 22.9 Å². The molecule has 1 saturated carbocycles. The second-order valence-corrected chi connectivity index (χ2v) is 16.1. The molecule has 0 spiro atoms. The molecule has 3 fully saturated rings. The minimum atomic E-state index is -1.22. The molecule has 0 bridgehead atoms. The van der Waals surface area contributed by atoms with E-state index in [9.17, 15) is 19.5 Å². The molecule has 12 heteroatoms. The van der Waals surface area contributed by atoms with E-state index in [4.69, 9.17) is 21.4 Å². The van der Waals surface area contributed by atoms with Crippen molar-refractivity contribution in [3.63, 3.8) is 0 Å². The number of imide groups is 2. The molecule has 6 atom stereocenters. The number of carbonyl (C=O) groups is 4. The molecule has 51 heavy (non-hydrogen) atoms. The summed E-state index contributed by atoms with van der Waals surface area (Å²) in [5, 5.41) is 16.8. The van der Waals surface area contributed by atoms with Gasteiger partial charge in [0.2, 0.25) is 23.6 Å². The predicted molar refractivity (Wildman–Crippen MR) is 192 cm³/mol. The molecule has 0 unspecified atom stereocenters. The number of allylic oxidation sites excluding steroid dienone is 3. The van der Waals surface area contributed by atoms with Crippen LogP contribution in [0.3, 0.4) is 0 Å². The van der Waals surface area contributed by atoms with Crippen molar-refractivity contribution in [1.29, 1.82) is 0 Å². The summed E-state index contributed by atoms with van der Waals surface area (Å²) in [6, 6.07) is 12.5. The fraction of sp³-hybridized carbons (Fsp3) is 0.359. The van der Waals surface area contributed by atoms with E-state index < -0.39 is 35.0 Å². The smallest absolute Gasteiger partial charge is 0.242 e. The first-order valence-electron chi connectivity index (χ1n) is 17.3. The van der Waals surface area contributed by atoms with Crippen LogP contribution in [0.4, 0.5) is 5.82 Å². The number of carbonyl (C=O) groups excluding carboxylic acids is 4. The van der Waals surface area contributed by atoms with Crippen molar-refractivity contribution in [3.8, 4) is 22.1 Å². The van der Waals surface area contributed by atoms with E-state index in [-0.39, 0.29) is 42.3 Å². The van der Waals surface area contributed by atoms with E-state index in [1.165, 1.54) is 9.80 Å². The average Bonchev–Trinajstić information content (AvgIpc) is 3.77. The van der Waals surface area contributed by atoms with Crippen molar-refractivity contribution >= 4 is 62.5 Å². The number of aromatic hydroxyl groups is 1. The minimum Gasteiger partial charge on any atom is -0.508 e. The zero-order chi connectivity index (χ0) is 35.7. The number of anilines is 1. The molecular formula is C39H35ClN4O6S. The summed E-state index contributed by atoms with van der Waals surface area (Å²) >= 11 is 7.89. The van der Waals surface area contributed by atoms with Crippen LogP contribution < -0.4 is 9.64 Å². The molecule has 4 aromatic rings. The Bertz CT molecular complexity index is 2320. The molecule has 0 radical (unpaired) electrons. The molecule has 9 rings (SSSR count). The summed E-state index contributed by atoms with van der Waals surface area (Å²) < 4.78 is 8.75. The Morgan fingerprint density at radius 3 is 2.65 bits per heavy atom. The molecular weight excluding hydrogens is 688 g/mol. The van der Waals surface area contributed by atoms with Gasteiger partial charge in [-0.2, -0.15) is 5.10 Å². The SMILES string of the molecule is CCN1C(=O)[C@H]2[C@H](CC=C3[C@H](C4=COc5ccc(O)cc5C4)[C@]4(C)C(=O)N(c5cc(-c6sc7ccc(Cl)cc7c6C)nn5C)C(=O)[C@@H]4C[C@H]32)C1=O. The predicted octanol–water partition coefficient (Wildman–Crippen LogP) is 6.57. The van der Waals surface area contributed by atoms with Crippen LogP contribution in [0.2, 0.25) is 5.02 Å². The molecule has 3 aliphatic heterocycles. The van der Waals surface area contributed by atoms with Crippen molar-refractivity contribution in [1.82, 2.24) is 14.7 Å². The topological polar surface area (TPSA) is 122 Å². The van der Waals surface area contributed by atoms with Gasteiger partial charge in [0.25, 0.3) is 0 Å². The standard InChI is InChI=1S/C39H35ClN4O6S/c1-5-43-35(46)24-9-8-23-26(32(24)37(43)48)15-27-36(47)44(31-16-28(41-42(31)4)34-18(2)25-14-21(40)6-11-30(25)51-34)38(49)39(27,3)33(23)20-12-19-13-22(45)7-10-29(19)50-17-20/h6-8,10-11,13-14,16-17,24,26-27,32-33,45H,5,9,12,15H2,1-4H3/t24-,26+,27-,32-,33-,39+/m0/s1. The normalized spacial score (nSPS) is 28.4. The lowest BCUT2D eigenvalue weighted by atomic mass is 9.51. The van der Waals surface area contributed by atoms with Gasteiger partial charge < -0.3 is 9.84 Å². The van der Waals surface area contributed by atoms with E-state index in [0.29, 0.717) is 35.1 Å². The summed E-state index contributed by atoms with van der Waals surface area (Å²) in [6.07, 6.45) is 4.75. The number of halogens is 1. The van der Waals surface area contributed by atoms with E-state index in [1.807, 2.05) is 38.1 Å². The molecule has 2 aromatic heterocycles. The first kappa shape index (κ1) is 32.2. The highest BCUT2D eigenvalue weighted by atomic mass is 35.5. The number of ether oxygens (including phenoxy) is 1. The molecule has 5 heterocycles. The Morgan fingerprint density at radius 2 is 1.86 bits per heavy atom. The lowest BCUT2D eigenvalue weighted by molar-refractivity contribution is -0.140. The number of phenolic OH excluding ortho intramolecular Hbond substituents is 1.